The van der Waals surface area contributed by atoms with Gasteiger partial charge < -0.3 is 19.2 Å². The molecule has 0 atom stereocenters. The van der Waals surface area contributed by atoms with Gasteiger partial charge in [0.25, 0.3) is 5.91 Å². The third-order valence-electron chi connectivity index (χ3n) is 3.59. The molecule has 110 valence electrons. The number of rotatable bonds is 2. The fourth-order valence-corrected chi connectivity index (χ4v) is 2.44. The van der Waals surface area contributed by atoms with Crippen molar-refractivity contribution in [2.45, 2.75) is 20.8 Å². The van der Waals surface area contributed by atoms with E-state index in [1.807, 2.05) is 13.8 Å². The number of amides is 1. The lowest BCUT2D eigenvalue weighted by atomic mass is 10.1. The number of nitrogens with one attached hydrogen (secondary N) is 1. The summed E-state index contributed by atoms with van der Waals surface area (Å²) in [5.41, 5.74) is 2.12. The third-order valence-corrected chi connectivity index (χ3v) is 3.59. The number of hydrogen-bond donors (Lipinski definition) is 1. The van der Waals surface area contributed by atoms with Crippen molar-refractivity contribution in [3.8, 4) is 11.5 Å². The topological polar surface area (TPSA) is 60.7 Å². The minimum Gasteiger partial charge on any atom is -0.486 e. The average molecular weight is 287 g/mol. The zero-order valence-electron chi connectivity index (χ0n) is 12.3. The minimum atomic E-state index is -0.182. The monoisotopic (exact) mass is 287 g/mol. The molecule has 1 aromatic heterocycles. The van der Waals surface area contributed by atoms with Gasteiger partial charge in [0.05, 0.1) is 5.56 Å². The molecule has 0 unspecified atom stereocenters. The van der Waals surface area contributed by atoms with Crippen LogP contribution in [0.25, 0.3) is 0 Å². The predicted molar refractivity (Wildman–Crippen MR) is 78.3 cm³/mol. The van der Waals surface area contributed by atoms with E-state index in [9.17, 15) is 4.79 Å². The second-order valence-electron chi connectivity index (χ2n) is 5.03. The zero-order chi connectivity index (χ0) is 15.0. The molecule has 2 aromatic rings. The summed E-state index contributed by atoms with van der Waals surface area (Å²) in [5.74, 6) is 2.56. The van der Waals surface area contributed by atoms with Gasteiger partial charge in [0.15, 0.2) is 11.5 Å². The van der Waals surface area contributed by atoms with E-state index in [1.54, 1.807) is 25.1 Å². The summed E-state index contributed by atoms with van der Waals surface area (Å²) in [4.78, 5) is 12.4. The Bertz CT molecular complexity index is 703. The van der Waals surface area contributed by atoms with Crippen LogP contribution in [0, 0.1) is 20.8 Å². The molecular formula is C16H17NO4. The van der Waals surface area contributed by atoms with Gasteiger partial charge in [-0.05, 0) is 32.9 Å². The highest BCUT2D eigenvalue weighted by Gasteiger charge is 2.19. The largest absolute Gasteiger partial charge is 0.486 e. The molecule has 5 nitrogen and oxygen atoms in total. The summed E-state index contributed by atoms with van der Waals surface area (Å²) >= 11 is 0. The van der Waals surface area contributed by atoms with Crippen molar-refractivity contribution in [2.24, 2.45) is 0 Å². The van der Waals surface area contributed by atoms with E-state index in [-0.39, 0.29) is 5.91 Å². The summed E-state index contributed by atoms with van der Waals surface area (Å²) in [7, 11) is 0. The summed E-state index contributed by atoms with van der Waals surface area (Å²) in [5, 5.41) is 2.87. The van der Waals surface area contributed by atoms with Crippen molar-refractivity contribution in [3.05, 3.63) is 40.8 Å². The van der Waals surface area contributed by atoms with Crippen molar-refractivity contribution in [2.75, 3.05) is 18.5 Å². The van der Waals surface area contributed by atoms with E-state index in [0.29, 0.717) is 41.7 Å². The molecule has 0 bridgehead atoms. The molecule has 3 rings (SSSR count). The average Bonchev–Trinajstić information content (AvgIpc) is 2.72. The first-order valence-electron chi connectivity index (χ1n) is 6.84. The number of furan rings is 1. The van der Waals surface area contributed by atoms with Crippen molar-refractivity contribution in [1.29, 1.82) is 0 Å². The van der Waals surface area contributed by atoms with Gasteiger partial charge in [0.2, 0.25) is 0 Å². The van der Waals surface area contributed by atoms with Gasteiger partial charge in [-0.1, -0.05) is 0 Å². The Morgan fingerprint density at radius 3 is 2.43 bits per heavy atom. The van der Waals surface area contributed by atoms with Crippen LogP contribution in [0.1, 0.15) is 27.4 Å². The first-order valence-corrected chi connectivity index (χ1v) is 6.84. The van der Waals surface area contributed by atoms with Crippen LogP contribution in [0.4, 0.5) is 5.69 Å². The van der Waals surface area contributed by atoms with Crippen LogP contribution in [0.3, 0.4) is 0 Å². The quantitative estimate of drug-likeness (QED) is 0.921. The first-order chi connectivity index (χ1) is 10.1. The minimum absolute atomic E-state index is 0.182. The Labute approximate surface area is 122 Å². The van der Waals surface area contributed by atoms with Gasteiger partial charge in [0.1, 0.15) is 24.7 Å². The van der Waals surface area contributed by atoms with Crippen LogP contribution in [0.15, 0.2) is 22.6 Å². The number of carbonyl (C=O) groups is 1. The molecule has 0 spiro atoms. The van der Waals surface area contributed by atoms with Crippen molar-refractivity contribution in [3.63, 3.8) is 0 Å². The molecule has 0 saturated heterocycles. The molecule has 1 N–H and O–H groups in total. The second-order valence-corrected chi connectivity index (χ2v) is 5.03. The Morgan fingerprint density at radius 2 is 1.76 bits per heavy atom. The molecule has 1 amide bonds. The van der Waals surface area contributed by atoms with Crippen LogP contribution >= 0.6 is 0 Å². The first kappa shape index (κ1) is 13.5. The normalized spacial score (nSPS) is 13.1. The molecule has 5 heteroatoms. The Kier molecular flexibility index (Phi) is 3.33. The lowest BCUT2D eigenvalue weighted by Crippen LogP contribution is -2.17. The molecule has 21 heavy (non-hydrogen) atoms. The Morgan fingerprint density at radius 1 is 1.05 bits per heavy atom. The van der Waals surface area contributed by atoms with E-state index in [0.717, 1.165) is 11.3 Å². The number of aryl methyl sites for hydroxylation is 2. The van der Waals surface area contributed by atoms with E-state index in [4.69, 9.17) is 13.9 Å². The lowest BCUT2D eigenvalue weighted by Gasteiger charge is -2.19. The highest BCUT2D eigenvalue weighted by molar-refractivity contribution is 6.06. The summed E-state index contributed by atoms with van der Waals surface area (Å²) in [6.45, 7) is 6.58. The maximum absolute atomic E-state index is 12.4. The van der Waals surface area contributed by atoms with Crippen LogP contribution in [-0.4, -0.2) is 19.1 Å². The standard InChI is InChI=1S/C16H17NO4/c1-9-10(2)21-11(3)15(9)16(18)17-12-4-5-13-14(8-12)20-7-6-19-13/h4-5,8H,6-7H2,1-3H3,(H,17,18). The predicted octanol–water partition coefficient (Wildman–Crippen LogP) is 3.23. The Balaban J connectivity index is 1.84. The molecule has 1 aliphatic heterocycles. The van der Waals surface area contributed by atoms with Crippen LogP contribution in [-0.2, 0) is 0 Å². The summed E-state index contributed by atoms with van der Waals surface area (Å²) in [6, 6.07) is 5.36. The SMILES string of the molecule is Cc1oc(C)c(C(=O)Nc2ccc3c(c2)OCCO3)c1C. The van der Waals surface area contributed by atoms with E-state index in [1.165, 1.54) is 0 Å². The summed E-state index contributed by atoms with van der Waals surface area (Å²) < 4.78 is 16.5. The van der Waals surface area contributed by atoms with Gasteiger partial charge >= 0.3 is 0 Å². The molecular weight excluding hydrogens is 270 g/mol. The molecule has 1 aliphatic rings. The van der Waals surface area contributed by atoms with Gasteiger partial charge in [-0.3, -0.25) is 4.79 Å². The van der Waals surface area contributed by atoms with Crippen LogP contribution in [0.5, 0.6) is 11.5 Å². The number of hydrogen-bond acceptors (Lipinski definition) is 4. The fourth-order valence-electron chi connectivity index (χ4n) is 2.44. The van der Waals surface area contributed by atoms with E-state index in [2.05, 4.69) is 5.32 Å². The third kappa shape index (κ3) is 2.46. The molecule has 2 heterocycles. The van der Waals surface area contributed by atoms with Crippen molar-refractivity contribution >= 4 is 11.6 Å². The zero-order valence-corrected chi connectivity index (χ0v) is 12.3. The van der Waals surface area contributed by atoms with Gasteiger partial charge in [-0.2, -0.15) is 0 Å². The number of fused-ring (bicyclic) bond motifs is 1. The van der Waals surface area contributed by atoms with Gasteiger partial charge in [-0.15, -0.1) is 0 Å². The van der Waals surface area contributed by atoms with Crippen LogP contribution < -0.4 is 14.8 Å². The van der Waals surface area contributed by atoms with E-state index < -0.39 is 0 Å². The molecule has 0 fully saturated rings. The molecule has 1 aromatic carbocycles. The lowest BCUT2D eigenvalue weighted by molar-refractivity contribution is 0.102. The smallest absolute Gasteiger partial charge is 0.259 e. The molecule has 0 radical (unpaired) electrons. The van der Waals surface area contributed by atoms with E-state index >= 15 is 0 Å². The molecule has 0 saturated carbocycles. The second kappa shape index (κ2) is 5.16. The Hall–Kier alpha value is -2.43. The van der Waals surface area contributed by atoms with Gasteiger partial charge in [-0.25, -0.2) is 0 Å². The number of benzene rings is 1. The highest BCUT2D eigenvalue weighted by Crippen LogP contribution is 2.33. The number of carbonyl (C=O) groups excluding carboxylic acids is 1. The molecule has 0 aliphatic carbocycles. The van der Waals surface area contributed by atoms with Crippen LogP contribution in [0.2, 0.25) is 0 Å². The van der Waals surface area contributed by atoms with Gasteiger partial charge in [0, 0.05) is 17.3 Å². The number of ether oxygens (including phenoxy) is 2. The highest BCUT2D eigenvalue weighted by atomic mass is 16.6. The van der Waals surface area contributed by atoms with Crippen molar-refractivity contribution < 1.29 is 18.7 Å². The maximum Gasteiger partial charge on any atom is 0.259 e. The fraction of sp³-hybridized carbons (Fsp3) is 0.312. The maximum atomic E-state index is 12.4. The number of anilines is 1. The van der Waals surface area contributed by atoms with Crippen molar-refractivity contribution in [1.82, 2.24) is 0 Å². The summed E-state index contributed by atoms with van der Waals surface area (Å²) in [6.07, 6.45) is 0.